The van der Waals surface area contributed by atoms with Gasteiger partial charge in [0.1, 0.15) is 17.4 Å². The SMILES string of the molecule is NCCCNC(=O)CCCOc1cccc(-c2nc3ccc(-c4nc5ccc(N6CCNCC6)cc5[nH]4)cc3[nH]2)c1. The molecule has 6 rings (SSSR count). The maximum absolute atomic E-state index is 11.9. The summed E-state index contributed by atoms with van der Waals surface area (Å²) in [5.74, 6) is 2.38. The molecule has 1 aliphatic rings. The Morgan fingerprint density at radius 2 is 1.63 bits per heavy atom. The number of benzene rings is 3. The van der Waals surface area contributed by atoms with Gasteiger partial charge in [0, 0.05) is 56.0 Å². The Bertz CT molecular complexity index is 1640. The van der Waals surface area contributed by atoms with Gasteiger partial charge in [-0.2, -0.15) is 0 Å². The number of aromatic amines is 2. The number of anilines is 1. The van der Waals surface area contributed by atoms with Crippen LogP contribution in [0.15, 0.2) is 60.7 Å². The van der Waals surface area contributed by atoms with Gasteiger partial charge in [0.2, 0.25) is 5.91 Å². The van der Waals surface area contributed by atoms with E-state index in [2.05, 4.69) is 49.8 Å². The molecule has 2 aromatic heterocycles. The molecule has 1 saturated heterocycles. The largest absolute Gasteiger partial charge is 0.494 e. The summed E-state index contributed by atoms with van der Waals surface area (Å²) in [4.78, 5) is 30.9. The van der Waals surface area contributed by atoms with Crippen molar-refractivity contribution in [1.29, 1.82) is 0 Å². The van der Waals surface area contributed by atoms with E-state index in [1.165, 1.54) is 5.69 Å². The minimum absolute atomic E-state index is 0.0278. The molecule has 10 heteroatoms. The number of piperazine rings is 1. The van der Waals surface area contributed by atoms with Crippen molar-refractivity contribution in [3.8, 4) is 28.5 Å². The summed E-state index contributed by atoms with van der Waals surface area (Å²) < 4.78 is 5.91. The van der Waals surface area contributed by atoms with Crippen LogP contribution in [0.4, 0.5) is 5.69 Å². The van der Waals surface area contributed by atoms with Crippen molar-refractivity contribution in [1.82, 2.24) is 30.6 Å². The van der Waals surface area contributed by atoms with Crippen LogP contribution >= 0.6 is 0 Å². The Hall–Kier alpha value is -4.41. The van der Waals surface area contributed by atoms with Crippen LogP contribution in [0, 0.1) is 0 Å². The number of ether oxygens (including phenoxy) is 1. The van der Waals surface area contributed by atoms with Gasteiger partial charge < -0.3 is 36.0 Å². The van der Waals surface area contributed by atoms with E-state index in [9.17, 15) is 4.79 Å². The highest BCUT2D eigenvalue weighted by Crippen LogP contribution is 2.29. The van der Waals surface area contributed by atoms with Crippen LogP contribution in [0.25, 0.3) is 44.8 Å². The number of carbonyl (C=O) groups excluding carboxylic acids is 1. The number of amides is 1. The first-order chi connectivity index (χ1) is 20.2. The van der Waals surface area contributed by atoms with Crippen molar-refractivity contribution in [2.45, 2.75) is 19.3 Å². The lowest BCUT2D eigenvalue weighted by Crippen LogP contribution is -2.43. The summed E-state index contributed by atoms with van der Waals surface area (Å²) in [7, 11) is 0. The average Bonchev–Trinajstić information content (AvgIpc) is 3.64. The van der Waals surface area contributed by atoms with E-state index in [1.54, 1.807) is 0 Å². The summed E-state index contributed by atoms with van der Waals surface area (Å²) in [6.45, 7) is 5.69. The zero-order chi connectivity index (χ0) is 28.0. The van der Waals surface area contributed by atoms with Crippen LogP contribution in [-0.4, -0.2) is 71.7 Å². The fraction of sp³-hybridized carbons (Fsp3) is 0.323. The summed E-state index contributed by atoms with van der Waals surface area (Å²) >= 11 is 0. The first kappa shape index (κ1) is 26.8. The second-order valence-electron chi connectivity index (χ2n) is 10.3. The van der Waals surface area contributed by atoms with Gasteiger partial charge in [0.05, 0.1) is 28.7 Å². The summed E-state index contributed by atoms with van der Waals surface area (Å²) in [6.07, 6.45) is 1.86. The highest BCUT2D eigenvalue weighted by molar-refractivity contribution is 5.87. The van der Waals surface area contributed by atoms with Crippen LogP contribution in [-0.2, 0) is 4.79 Å². The molecule has 3 aromatic carbocycles. The first-order valence-corrected chi connectivity index (χ1v) is 14.3. The lowest BCUT2D eigenvalue weighted by Gasteiger charge is -2.29. The van der Waals surface area contributed by atoms with Crippen molar-refractivity contribution in [2.24, 2.45) is 5.73 Å². The molecule has 10 nitrogen and oxygen atoms in total. The van der Waals surface area contributed by atoms with Gasteiger partial charge in [-0.1, -0.05) is 12.1 Å². The topological polar surface area (TPSA) is 137 Å². The van der Waals surface area contributed by atoms with Crippen LogP contribution in [0.3, 0.4) is 0 Å². The van der Waals surface area contributed by atoms with Crippen LogP contribution in [0.5, 0.6) is 5.75 Å². The maximum Gasteiger partial charge on any atom is 0.220 e. The molecule has 6 N–H and O–H groups in total. The fourth-order valence-corrected chi connectivity index (χ4v) is 5.12. The third-order valence-electron chi connectivity index (χ3n) is 7.33. The Morgan fingerprint density at radius 1 is 0.902 bits per heavy atom. The summed E-state index contributed by atoms with van der Waals surface area (Å²) in [5.41, 5.74) is 12.4. The van der Waals surface area contributed by atoms with E-state index in [-0.39, 0.29) is 5.91 Å². The van der Waals surface area contributed by atoms with Crippen molar-refractivity contribution < 1.29 is 9.53 Å². The number of hydrogen-bond acceptors (Lipinski definition) is 7. The molecule has 0 unspecified atom stereocenters. The number of nitrogens with zero attached hydrogens (tertiary/aromatic N) is 3. The van der Waals surface area contributed by atoms with E-state index >= 15 is 0 Å². The number of nitrogens with two attached hydrogens (primary N) is 1. The minimum atomic E-state index is 0.0278. The number of rotatable bonds is 11. The predicted octanol–water partition coefficient (Wildman–Crippen LogP) is 3.81. The lowest BCUT2D eigenvalue weighted by molar-refractivity contribution is -0.121. The van der Waals surface area contributed by atoms with Gasteiger partial charge >= 0.3 is 0 Å². The van der Waals surface area contributed by atoms with Crippen molar-refractivity contribution >= 4 is 33.7 Å². The van der Waals surface area contributed by atoms with E-state index < -0.39 is 0 Å². The molecular weight excluding hydrogens is 516 g/mol. The number of carbonyl (C=O) groups is 1. The molecule has 0 bridgehead atoms. The van der Waals surface area contributed by atoms with Gasteiger partial charge in [0.25, 0.3) is 0 Å². The normalized spacial score (nSPS) is 13.6. The Kier molecular flexibility index (Phi) is 8.11. The maximum atomic E-state index is 11.9. The number of fused-ring (bicyclic) bond motifs is 2. The highest BCUT2D eigenvalue weighted by atomic mass is 16.5. The van der Waals surface area contributed by atoms with Crippen molar-refractivity contribution in [2.75, 3.05) is 50.8 Å². The zero-order valence-corrected chi connectivity index (χ0v) is 23.1. The van der Waals surface area contributed by atoms with E-state index in [4.69, 9.17) is 20.4 Å². The number of hydrogen-bond donors (Lipinski definition) is 5. The molecule has 1 amide bonds. The number of H-pyrrole nitrogens is 2. The van der Waals surface area contributed by atoms with Crippen molar-refractivity contribution in [3.05, 3.63) is 60.7 Å². The molecule has 0 atom stereocenters. The van der Waals surface area contributed by atoms with E-state index in [0.717, 1.165) is 83.2 Å². The smallest absolute Gasteiger partial charge is 0.220 e. The molecular formula is C31H36N8O2. The summed E-state index contributed by atoms with van der Waals surface area (Å²) in [6, 6.07) is 20.4. The third-order valence-corrected chi connectivity index (χ3v) is 7.33. The third kappa shape index (κ3) is 6.34. The minimum Gasteiger partial charge on any atom is -0.494 e. The Labute approximate surface area is 238 Å². The first-order valence-electron chi connectivity index (χ1n) is 14.3. The van der Waals surface area contributed by atoms with E-state index in [1.807, 2.05) is 36.4 Å². The van der Waals surface area contributed by atoms with Gasteiger partial charge in [-0.25, -0.2) is 9.97 Å². The molecule has 3 heterocycles. The van der Waals surface area contributed by atoms with Gasteiger partial charge in [0.15, 0.2) is 0 Å². The quantitative estimate of drug-likeness (QED) is 0.157. The van der Waals surface area contributed by atoms with Crippen LogP contribution in [0.1, 0.15) is 19.3 Å². The van der Waals surface area contributed by atoms with Gasteiger partial charge in [-0.05, 0) is 67.9 Å². The van der Waals surface area contributed by atoms with Gasteiger partial charge in [-0.3, -0.25) is 4.79 Å². The lowest BCUT2D eigenvalue weighted by atomic mass is 10.2. The van der Waals surface area contributed by atoms with Crippen LogP contribution in [0.2, 0.25) is 0 Å². The standard InChI is InChI=1S/C31H36N8O2/c32-11-3-12-34-29(40)6-2-17-41-24-5-1-4-21(18-24)30-35-25-9-7-22(19-27(25)37-30)31-36-26-10-8-23(20-28(26)38-31)39-15-13-33-14-16-39/h1,4-5,7-10,18-20,33H,2-3,6,11-17,32H2,(H,34,40)(H,35,37)(H,36,38). The van der Waals surface area contributed by atoms with Gasteiger partial charge in [-0.15, -0.1) is 0 Å². The molecule has 1 aliphatic heterocycles. The second kappa shape index (κ2) is 12.4. The molecule has 5 aromatic rings. The Balaban J connectivity index is 1.13. The van der Waals surface area contributed by atoms with E-state index in [0.29, 0.717) is 32.5 Å². The zero-order valence-electron chi connectivity index (χ0n) is 23.1. The molecule has 212 valence electrons. The molecule has 0 aliphatic carbocycles. The highest BCUT2D eigenvalue weighted by Gasteiger charge is 2.14. The number of aromatic nitrogens is 4. The molecule has 0 spiro atoms. The number of imidazole rings is 2. The monoisotopic (exact) mass is 552 g/mol. The summed E-state index contributed by atoms with van der Waals surface area (Å²) in [5, 5.41) is 6.27. The predicted molar refractivity (Wildman–Crippen MR) is 163 cm³/mol. The van der Waals surface area contributed by atoms with Crippen LogP contribution < -0.4 is 26.0 Å². The number of nitrogens with one attached hydrogen (secondary N) is 4. The second-order valence-corrected chi connectivity index (χ2v) is 10.3. The molecule has 41 heavy (non-hydrogen) atoms. The molecule has 1 fully saturated rings. The van der Waals surface area contributed by atoms with Crippen molar-refractivity contribution in [3.63, 3.8) is 0 Å². The molecule has 0 radical (unpaired) electrons. The Morgan fingerprint density at radius 3 is 2.41 bits per heavy atom. The average molecular weight is 553 g/mol. The molecule has 0 saturated carbocycles. The fourth-order valence-electron chi connectivity index (χ4n) is 5.12.